The number of halogens is 2. The highest BCUT2D eigenvalue weighted by Crippen LogP contribution is 2.52. The van der Waals surface area contributed by atoms with Crippen molar-refractivity contribution >= 4 is 51.0 Å². The van der Waals surface area contributed by atoms with Crippen LogP contribution in [0.4, 0.5) is 20.2 Å². The number of rotatable bonds is 8. The number of benzene rings is 2. The molecule has 3 aromatic heterocycles. The Morgan fingerprint density at radius 3 is 2.48 bits per heavy atom. The molecule has 1 spiro atoms. The summed E-state index contributed by atoms with van der Waals surface area (Å²) in [6.45, 7) is 3.82. The van der Waals surface area contributed by atoms with E-state index in [1.807, 2.05) is 47.0 Å². The van der Waals surface area contributed by atoms with Gasteiger partial charge in [0.1, 0.15) is 11.8 Å². The number of hydrogen-bond donors (Lipinski definition) is 2. The normalized spacial score (nSPS) is 23.3. The van der Waals surface area contributed by atoms with Crippen LogP contribution in [0.25, 0.3) is 21.9 Å². The van der Waals surface area contributed by atoms with Crippen molar-refractivity contribution in [2.24, 2.45) is 18.4 Å². The number of imidazole rings is 1. The van der Waals surface area contributed by atoms with E-state index in [2.05, 4.69) is 20.5 Å². The molecule has 2 N–H and O–H groups in total. The molecule has 316 valence electrons. The second-order valence-electron chi connectivity index (χ2n) is 17.4. The predicted molar refractivity (Wildman–Crippen MR) is 223 cm³/mol. The number of ether oxygens (including phenoxy) is 1. The van der Waals surface area contributed by atoms with Crippen LogP contribution >= 0.6 is 0 Å². The van der Waals surface area contributed by atoms with E-state index in [0.29, 0.717) is 79.4 Å². The van der Waals surface area contributed by atoms with Crippen molar-refractivity contribution in [2.45, 2.75) is 82.7 Å². The number of anilines is 2. The molecule has 3 amide bonds. The van der Waals surface area contributed by atoms with Gasteiger partial charge in [0.2, 0.25) is 11.8 Å². The van der Waals surface area contributed by atoms with Crippen LogP contribution in [0.15, 0.2) is 59.8 Å². The van der Waals surface area contributed by atoms with E-state index in [0.717, 1.165) is 47.8 Å². The predicted octanol–water partition coefficient (Wildman–Crippen LogP) is 5.99. The molecule has 0 radical (unpaired) electrons. The van der Waals surface area contributed by atoms with Crippen LogP contribution in [0.5, 0.6) is 5.75 Å². The van der Waals surface area contributed by atoms with E-state index in [1.54, 1.807) is 32.5 Å². The number of pyridine rings is 1. The summed E-state index contributed by atoms with van der Waals surface area (Å²) in [6, 6.07) is 10.4. The number of aryl methyl sites for hydroxylation is 2. The van der Waals surface area contributed by atoms with Crippen molar-refractivity contribution in [3.63, 3.8) is 0 Å². The minimum atomic E-state index is -2.84. The maximum absolute atomic E-state index is 16.3. The smallest absolute Gasteiger partial charge is 0.329 e. The molecule has 5 aromatic rings. The van der Waals surface area contributed by atoms with Gasteiger partial charge >= 0.3 is 5.69 Å². The highest BCUT2D eigenvalue weighted by Gasteiger charge is 2.57. The topological polar surface area (TPSA) is 149 Å². The van der Waals surface area contributed by atoms with Crippen LogP contribution < -0.4 is 26.0 Å². The van der Waals surface area contributed by atoms with Crippen LogP contribution in [-0.2, 0) is 16.6 Å². The molecule has 16 heteroatoms. The number of carbonyl (C=O) groups excluding carboxylic acids is 3. The van der Waals surface area contributed by atoms with Crippen molar-refractivity contribution in [1.82, 2.24) is 34.1 Å². The molecule has 4 fully saturated rings. The monoisotopic (exact) mass is 823 g/mol. The van der Waals surface area contributed by atoms with E-state index in [4.69, 9.17) is 9.84 Å². The molecule has 3 saturated heterocycles. The third-order valence-electron chi connectivity index (χ3n) is 13.7. The first-order valence-corrected chi connectivity index (χ1v) is 21.0. The number of aromatic nitrogens is 5. The lowest BCUT2D eigenvalue weighted by Crippen LogP contribution is -2.59. The molecule has 1 saturated carbocycles. The molecule has 6 heterocycles. The molecule has 0 bridgehead atoms. The first kappa shape index (κ1) is 39.8. The zero-order chi connectivity index (χ0) is 41.9. The van der Waals surface area contributed by atoms with Gasteiger partial charge in [-0.3, -0.25) is 43.4 Å². The zero-order valence-electron chi connectivity index (χ0n) is 34.3. The van der Waals surface area contributed by atoms with Crippen LogP contribution in [0, 0.1) is 18.3 Å². The fourth-order valence-electron chi connectivity index (χ4n) is 10.3. The first-order chi connectivity index (χ1) is 28.8. The number of imide groups is 1. The second-order valence-corrected chi connectivity index (χ2v) is 17.4. The van der Waals surface area contributed by atoms with E-state index < -0.39 is 23.3 Å². The van der Waals surface area contributed by atoms with E-state index in [9.17, 15) is 19.2 Å². The van der Waals surface area contributed by atoms with E-state index in [1.165, 1.54) is 15.3 Å². The first-order valence-electron chi connectivity index (χ1n) is 21.0. The molecular formula is C44H51F2N9O5. The highest BCUT2D eigenvalue weighted by atomic mass is 19.3. The van der Waals surface area contributed by atoms with Crippen molar-refractivity contribution in [3.05, 3.63) is 76.6 Å². The Labute approximate surface area is 345 Å². The van der Waals surface area contributed by atoms with Crippen molar-refractivity contribution < 1.29 is 27.9 Å². The maximum atomic E-state index is 16.3. The number of alkyl halides is 2. The maximum Gasteiger partial charge on any atom is 0.329 e. The Bertz CT molecular complexity index is 2550. The Hall–Kier alpha value is -5.64. The number of amides is 3. The Morgan fingerprint density at radius 1 is 1.00 bits per heavy atom. The average Bonchev–Trinajstić information content (AvgIpc) is 3.76. The summed E-state index contributed by atoms with van der Waals surface area (Å²) < 4.78 is 43.3. The molecule has 2 aromatic carbocycles. The summed E-state index contributed by atoms with van der Waals surface area (Å²) in [6.07, 6.45) is 10.4. The minimum Gasteiger partial charge on any atom is -0.494 e. The van der Waals surface area contributed by atoms with Crippen LogP contribution in [0.3, 0.4) is 0 Å². The summed E-state index contributed by atoms with van der Waals surface area (Å²) in [4.78, 5) is 59.2. The third kappa shape index (κ3) is 7.11. The Balaban J connectivity index is 0.807. The van der Waals surface area contributed by atoms with Gasteiger partial charge in [-0.05, 0) is 101 Å². The van der Waals surface area contributed by atoms with Gasteiger partial charge in [-0.15, -0.1) is 0 Å². The van der Waals surface area contributed by atoms with Gasteiger partial charge in [0, 0.05) is 68.6 Å². The molecule has 1 atom stereocenters. The second kappa shape index (κ2) is 15.4. The summed E-state index contributed by atoms with van der Waals surface area (Å²) in [7, 11) is 3.23. The number of nitrogens with zero attached hydrogens (tertiary/aromatic N) is 7. The van der Waals surface area contributed by atoms with Gasteiger partial charge in [0.15, 0.2) is 0 Å². The summed E-state index contributed by atoms with van der Waals surface area (Å²) in [5, 5.41) is 11.1. The number of methoxy groups -OCH3 is 1. The fourth-order valence-corrected chi connectivity index (χ4v) is 10.3. The zero-order valence-corrected chi connectivity index (χ0v) is 34.3. The van der Waals surface area contributed by atoms with Crippen molar-refractivity contribution in [2.75, 3.05) is 50.1 Å². The van der Waals surface area contributed by atoms with E-state index >= 15 is 8.78 Å². The molecule has 1 unspecified atom stereocenters. The quantitative estimate of drug-likeness (QED) is 0.180. The Kier molecular flexibility index (Phi) is 10.2. The van der Waals surface area contributed by atoms with Gasteiger partial charge in [-0.25, -0.2) is 13.6 Å². The van der Waals surface area contributed by atoms with Crippen molar-refractivity contribution in [1.29, 1.82) is 0 Å². The standard InChI is InChI=1S/C44H51F2N9O5/c1-27-19-29(23-47-22-27)40(57)48-33-20-30-25-54(50-32(30)21-37(33)60-3)31-9-7-28(8-10-31)24-52-16-13-43(44(45,46)26-52)14-17-53(18-15-43)34-5-4-6-35-39(34)51(2)42(59)55(35)36-11-12-38(56)49-41(36)58/h4-6,19-23,25,28,31,36H,7-18,24,26H2,1-3H3,(H,48,57)(H,49,56,58). The van der Waals surface area contributed by atoms with E-state index in [-0.39, 0.29) is 42.9 Å². The van der Waals surface area contributed by atoms with Gasteiger partial charge < -0.3 is 15.0 Å². The van der Waals surface area contributed by atoms with Crippen molar-refractivity contribution in [3.8, 4) is 5.75 Å². The molecular weight excluding hydrogens is 773 g/mol. The number of nitrogens with one attached hydrogen (secondary N) is 2. The fraction of sp³-hybridized carbons (Fsp3) is 0.500. The molecule has 9 rings (SSSR count). The SMILES string of the molecule is COc1cc2nn(C3CCC(CN4CCC5(CCN(c6cccc7c6n(C)c(=O)n7C6CCC(=O)NC6=O)CC5)C(F)(F)C4)CC3)cc2cc1NC(=O)c1cncc(C)c1. The number of likely N-dealkylation sites (tertiary alicyclic amines) is 1. The number of hydrogen-bond acceptors (Lipinski definition) is 9. The number of piperidine rings is 3. The van der Waals surface area contributed by atoms with Crippen LogP contribution in [-0.4, -0.2) is 92.3 Å². The molecule has 60 heavy (non-hydrogen) atoms. The highest BCUT2D eigenvalue weighted by molar-refractivity contribution is 6.06. The molecule has 14 nitrogen and oxygen atoms in total. The van der Waals surface area contributed by atoms with Gasteiger partial charge in [-0.1, -0.05) is 6.07 Å². The minimum absolute atomic E-state index is 0.154. The number of carbonyl (C=O) groups is 3. The summed E-state index contributed by atoms with van der Waals surface area (Å²) >= 11 is 0. The summed E-state index contributed by atoms with van der Waals surface area (Å²) in [5.74, 6) is -3.11. The molecule has 4 aliphatic rings. The molecule has 1 aliphatic carbocycles. The number of para-hydroxylation sites is 1. The Morgan fingerprint density at radius 2 is 1.77 bits per heavy atom. The lowest BCUT2D eigenvalue weighted by Gasteiger charge is -2.52. The summed E-state index contributed by atoms with van der Waals surface area (Å²) in [5.41, 5.74) is 3.28. The lowest BCUT2D eigenvalue weighted by atomic mass is 9.68. The van der Waals surface area contributed by atoms with Gasteiger partial charge in [-0.2, -0.15) is 5.10 Å². The largest absolute Gasteiger partial charge is 0.494 e. The van der Waals surface area contributed by atoms with Gasteiger partial charge in [0.25, 0.3) is 11.8 Å². The average molecular weight is 824 g/mol. The lowest BCUT2D eigenvalue weighted by molar-refractivity contribution is -0.179. The van der Waals surface area contributed by atoms with Gasteiger partial charge in [0.05, 0.1) is 53.2 Å². The van der Waals surface area contributed by atoms with Crippen LogP contribution in [0.2, 0.25) is 0 Å². The molecule has 3 aliphatic heterocycles. The van der Waals surface area contributed by atoms with Crippen LogP contribution in [0.1, 0.15) is 85.8 Å². The third-order valence-corrected chi connectivity index (χ3v) is 13.7. The number of fused-ring (bicyclic) bond motifs is 2.